The number of aromatic nitrogens is 3. The molecule has 2 heterocycles. The molecule has 0 amide bonds. The largest absolute Gasteiger partial charge is 0.460 e. The molecule has 1 unspecified atom stereocenters. The molecule has 1 aliphatic heterocycles. The lowest BCUT2D eigenvalue weighted by Crippen LogP contribution is -2.33. The molecule has 0 saturated heterocycles. The van der Waals surface area contributed by atoms with Gasteiger partial charge >= 0.3 is 5.97 Å². The number of nitrogen functional groups attached to an aromatic ring is 1. The van der Waals surface area contributed by atoms with Gasteiger partial charge in [0.2, 0.25) is 5.95 Å². The van der Waals surface area contributed by atoms with Gasteiger partial charge in [-0.25, -0.2) is 4.68 Å². The molecule has 0 radical (unpaired) electrons. The standard InChI is InChI=1S/C11H18N4O2/c1-11(2,3)17-9(16)7-4-5-8-13-10(12)14-15(8)6-7/h7H,4-6H2,1-3H3,(H2,12,14). The highest BCUT2D eigenvalue weighted by Crippen LogP contribution is 2.22. The van der Waals surface area contributed by atoms with Gasteiger partial charge in [0, 0.05) is 6.42 Å². The highest BCUT2D eigenvalue weighted by molar-refractivity contribution is 5.73. The third-order valence-corrected chi connectivity index (χ3v) is 2.61. The number of ether oxygens (including phenoxy) is 1. The minimum absolute atomic E-state index is 0.150. The van der Waals surface area contributed by atoms with Crippen LogP contribution in [0.3, 0.4) is 0 Å². The molecule has 0 aromatic carbocycles. The van der Waals surface area contributed by atoms with Gasteiger partial charge in [-0.1, -0.05) is 0 Å². The Morgan fingerprint density at radius 2 is 2.24 bits per heavy atom. The van der Waals surface area contributed by atoms with Crippen molar-refractivity contribution in [2.24, 2.45) is 5.92 Å². The first-order valence-electron chi connectivity index (χ1n) is 5.77. The van der Waals surface area contributed by atoms with Crippen molar-refractivity contribution in [1.29, 1.82) is 0 Å². The fourth-order valence-corrected chi connectivity index (χ4v) is 1.91. The summed E-state index contributed by atoms with van der Waals surface area (Å²) in [6.07, 6.45) is 1.46. The molecule has 1 aromatic rings. The van der Waals surface area contributed by atoms with E-state index in [1.54, 1.807) is 4.68 Å². The number of esters is 1. The molecule has 0 aliphatic carbocycles. The molecule has 0 fully saturated rings. The first kappa shape index (κ1) is 11.9. The van der Waals surface area contributed by atoms with Gasteiger partial charge < -0.3 is 10.5 Å². The molecule has 1 aliphatic rings. The average Bonchev–Trinajstić information content (AvgIpc) is 2.53. The molecule has 2 rings (SSSR count). The SMILES string of the molecule is CC(C)(C)OC(=O)C1CCc2nc(N)nn2C1. The molecule has 0 spiro atoms. The maximum atomic E-state index is 11.9. The molecule has 94 valence electrons. The average molecular weight is 238 g/mol. The Bertz CT molecular complexity index is 433. The molecule has 1 atom stereocenters. The summed E-state index contributed by atoms with van der Waals surface area (Å²) in [6.45, 7) is 6.11. The van der Waals surface area contributed by atoms with Crippen molar-refractivity contribution in [3.63, 3.8) is 0 Å². The van der Waals surface area contributed by atoms with E-state index in [1.165, 1.54) is 0 Å². The minimum atomic E-state index is -0.446. The Labute approximate surface area is 100 Å². The van der Waals surface area contributed by atoms with Crippen molar-refractivity contribution in [1.82, 2.24) is 14.8 Å². The molecule has 1 aromatic heterocycles. The normalized spacial score (nSPS) is 19.8. The Morgan fingerprint density at radius 1 is 1.53 bits per heavy atom. The van der Waals surface area contributed by atoms with Crippen LogP contribution in [-0.4, -0.2) is 26.3 Å². The number of carbonyl (C=O) groups is 1. The number of carbonyl (C=O) groups excluding carboxylic acids is 1. The lowest BCUT2D eigenvalue weighted by molar-refractivity contribution is -0.161. The summed E-state index contributed by atoms with van der Waals surface area (Å²) in [4.78, 5) is 16.0. The zero-order valence-electron chi connectivity index (χ0n) is 10.4. The van der Waals surface area contributed by atoms with E-state index in [0.717, 1.165) is 12.2 Å². The molecule has 17 heavy (non-hydrogen) atoms. The fraction of sp³-hybridized carbons (Fsp3) is 0.727. The Kier molecular flexibility index (Phi) is 2.81. The van der Waals surface area contributed by atoms with Gasteiger partial charge in [-0.15, -0.1) is 5.10 Å². The van der Waals surface area contributed by atoms with Gasteiger partial charge in [-0.05, 0) is 27.2 Å². The number of nitrogens with zero attached hydrogens (tertiary/aromatic N) is 3. The third kappa shape index (κ3) is 2.75. The first-order chi connectivity index (χ1) is 7.85. The lowest BCUT2D eigenvalue weighted by Gasteiger charge is -2.26. The molecule has 6 nitrogen and oxygen atoms in total. The minimum Gasteiger partial charge on any atom is -0.460 e. The summed E-state index contributed by atoms with van der Waals surface area (Å²) < 4.78 is 7.07. The summed E-state index contributed by atoms with van der Waals surface area (Å²) >= 11 is 0. The van der Waals surface area contributed by atoms with E-state index < -0.39 is 5.60 Å². The van der Waals surface area contributed by atoms with Crippen molar-refractivity contribution >= 4 is 11.9 Å². The Balaban J connectivity index is 2.05. The van der Waals surface area contributed by atoms with E-state index >= 15 is 0 Å². The van der Waals surface area contributed by atoms with E-state index in [9.17, 15) is 4.79 Å². The van der Waals surface area contributed by atoms with E-state index in [1.807, 2.05) is 20.8 Å². The van der Waals surface area contributed by atoms with Gasteiger partial charge in [-0.2, -0.15) is 4.98 Å². The van der Waals surface area contributed by atoms with Crippen LogP contribution < -0.4 is 5.73 Å². The second kappa shape index (κ2) is 4.01. The summed E-state index contributed by atoms with van der Waals surface area (Å²) in [7, 11) is 0. The lowest BCUT2D eigenvalue weighted by atomic mass is 9.99. The van der Waals surface area contributed by atoms with Gasteiger partial charge in [-0.3, -0.25) is 4.79 Å². The van der Waals surface area contributed by atoms with Crippen LogP contribution in [0.25, 0.3) is 0 Å². The molecule has 2 N–H and O–H groups in total. The second-order valence-electron chi connectivity index (χ2n) is 5.34. The Hall–Kier alpha value is -1.59. The predicted molar refractivity (Wildman–Crippen MR) is 62.1 cm³/mol. The van der Waals surface area contributed by atoms with Crippen molar-refractivity contribution in [3.8, 4) is 0 Å². The van der Waals surface area contributed by atoms with Crippen LogP contribution in [0.2, 0.25) is 0 Å². The number of fused-ring (bicyclic) bond motifs is 1. The summed E-state index contributed by atoms with van der Waals surface area (Å²) in [5, 5.41) is 4.06. The van der Waals surface area contributed by atoms with Crippen molar-refractivity contribution < 1.29 is 9.53 Å². The maximum absolute atomic E-state index is 11.9. The number of rotatable bonds is 1. The number of hydrogen-bond acceptors (Lipinski definition) is 5. The first-order valence-corrected chi connectivity index (χ1v) is 5.77. The molecular formula is C11H18N4O2. The van der Waals surface area contributed by atoms with Crippen LogP contribution in [-0.2, 0) is 22.5 Å². The molecule has 0 saturated carbocycles. The summed E-state index contributed by atoms with van der Waals surface area (Å²) in [5.41, 5.74) is 5.08. The van der Waals surface area contributed by atoms with Crippen molar-refractivity contribution in [2.45, 2.75) is 45.8 Å². The monoisotopic (exact) mass is 238 g/mol. The zero-order chi connectivity index (χ0) is 12.6. The number of nitrogens with two attached hydrogens (primary N) is 1. The van der Waals surface area contributed by atoms with Crippen molar-refractivity contribution in [3.05, 3.63) is 5.82 Å². The highest BCUT2D eigenvalue weighted by Gasteiger charge is 2.30. The van der Waals surface area contributed by atoms with Gasteiger partial charge in [0.15, 0.2) is 0 Å². The van der Waals surface area contributed by atoms with E-state index in [-0.39, 0.29) is 17.8 Å². The topological polar surface area (TPSA) is 83.0 Å². The number of hydrogen-bond donors (Lipinski definition) is 1. The zero-order valence-corrected chi connectivity index (χ0v) is 10.4. The van der Waals surface area contributed by atoms with Crippen LogP contribution in [0.4, 0.5) is 5.95 Å². The molecular weight excluding hydrogens is 220 g/mol. The quantitative estimate of drug-likeness (QED) is 0.730. The summed E-state index contributed by atoms with van der Waals surface area (Å²) in [6, 6.07) is 0. The summed E-state index contributed by atoms with van der Waals surface area (Å²) in [5.74, 6) is 0.798. The smallest absolute Gasteiger partial charge is 0.311 e. The maximum Gasteiger partial charge on any atom is 0.311 e. The predicted octanol–water partition coefficient (Wildman–Crippen LogP) is 0.764. The number of anilines is 1. The van der Waals surface area contributed by atoms with E-state index in [4.69, 9.17) is 10.5 Å². The molecule has 0 bridgehead atoms. The second-order valence-corrected chi connectivity index (χ2v) is 5.34. The van der Waals surface area contributed by atoms with Crippen LogP contribution >= 0.6 is 0 Å². The Morgan fingerprint density at radius 3 is 2.88 bits per heavy atom. The van der Waals surface area contributed by atoms with Crippen molar-refractivity contribution in [2.75, 3.05) is 5.73 Å². The highest BCUT2D eigenvalue weighted by atomic mass is 16.6. The van der Waals surface area contributed by atoms with Crippen LogP contribution in [0.15, 0.2) is 0 Å². The van der Waals surface area contributed by atoms with Crippen LogP contribution in [0.1, 0.15) is 33.0 Å². The van der Waals surface area contributed by atoms with Crippen LogP contribution in [0, 0.1) is 5.92 Å². The number of aryl methyl sites for hydroxylation is 1. The van der Waals surface area contributed by atoms with Gasteiger partial charge in [0.05, 0.1) is 12.5 Å². The van der Waals surface area contributed by atoms with Crippen LogP contribution in [0.5, 0.6) is 0 Å². The third-order valence-electron chi connectivity index (χ3n) is 2.61. The van der Waals surface area contributed by atoms with Gasteiger partial charge in [0.1, 0.15) is 11.4 Å². The molecule has 6 heteroatoms. The fourth-order valence-electron chi connectivity index (χ4n) is 1.91. The van der Waals surface area contributed by atoms with Gasteiger partial charge in [0.25, 0.3) is 0 Å². The van der Waals surface area contributed by atoms with E-state index in [2.05, 4.69) is 10.1 Å². The van der Waals surface area contributed by atoms with E-state index in [0.29, 0.717) is 13.0 Å².